The molecule has 1 aromatic carbocycles. The number of carbonyl (C=O) groups is 1. The van der Waals surface area contributed by atoms with Crippen LogP contribution in [-0.2, 0) is 0 Å². The lowest BCUT2D eigenvalue weighted by molar-refractivity contribution is 0.101. The van der Waals surface area contributed by atoms with E-state index >= 15 is 0 Å². The lowest BCUT2D eigenvalue weighted by Gasteiger charge is -2.08. The number of Topliss-reactive ketones (excluding diaryl/α,β-unsaturated/α-hetero) is 1. The summed E-state index contributed by atoms with van der Waals surface area (Å²) < 4.78 is 5.28. The maximum atomic E-state index is 11.3. The Morgan fingerprint density at radius 3 is 2.53 bits per heavy atom. The van der Waals surface area contributed by atoms with Crippen molar-refractivity contribution in [2.75, 3.05) is 7.11 Å². The summed E-state index contributed by atoms with van der Waals surface area (Å²) >= 11 is 0. The Morgan fingerprint density at radius 1 is 1.24 bits per heavy atom. The van der Waals surface area contributed by atoms with Gasteiger partial charge in [-0.1, -0.05) is 30.3 Å². The second-order valence-electron chi connectivity index (χ2n) is 3.70. The summed E-state index contributed by atoms with van der Waals surface area (Å²) in [5, 5.41) is 0. The molecule has 3 heteroatoms. The summed E-state index contributed by atoms with van der Waals surface area (Å²) in [6, 6.07) is 11.5. The number of aromatic nitrogens is 1. The lowest BCUT2D eigenvalue weighted by atomic mass is 10.1. The predicted octanol–water partition coefficient (Wildman–Crippen LogP) is 2.96. The number of carbonyl (C=O) groups excluding carboxylic acids is 1. The van der Waals surface area contributed by atoms with Crippen molar-refractivity contribution in [3.63, 3.8) is 0 Å². The first-order valence-corrected chi connectivity index (χ1v) is 5.33. The van der Waals surface area contributed by atoms with Gasteiger partial charge in [-0.2, -0.15) is 0 Å². The quantitative estimate of drug-likeness (QED) is 0.757. The molecule has 0 radical (unpaired) electrons. The fourth-order valence-corrected chi connectivity index (χ4v) is 1.61. The van der Waals surface area contributed by atoms with E-state index in [1.165, 1.54) is 6.92 Å². The van der Waals surface area contributed by atoms with Gasteiger partial charge >= 0.3 is 0 Å². The summed E-state index contributed by atoms with van der Waals surface area (Å²) in [6.07, 6.45) is 1.58. The number of nitrogens with zero attached hydrogens (tertiary/aromatic N) is 1. The highest BCUT2D eigenvalue weighted by atomic mass is 16.5. The molecular formula is C14H13NO2. The van der Waals surface area contributed by atoms with Crippen LogP contribution in [0.15, 0.2) is 42.6 Å². The van der Waals surface area contributed by atoms with Crippen LogP contribution >= 0.6 is 0 Å². The van der Waals surface area contributed by atoms with Crippen molar-refractivity contribution in [1.29, 1.82) is 0 Å². The van der Waals surface area contributed by atoms with Gasteiger partial charge in [0.15, 0.2) is 5.78 Å². The van der Waals surface area contributed by atoms with Gasteiger partial charge < -0.3 is 4.74 Å². The minimum atomic E-state index is -0.0181. The summed E-state index contributed by atoms with van der Waals surface area (Å²) in [6.45, 7) is 1.51. The highest BCUT2D eigenvalue weighted by Crippen LogP contribution is 2.28. The first kappa shape index (κ1) is 11.3. The van der Waals surface area contributed by atoms with Gasteiger partial charge in [0.25, 0.3) is 0 Å². The van der Waals surface area contributed by atoms with Crippen molar-refractivity contribution in [2.45, 2.75) is 6.92 Å². The fourth-order valence-electron chi connectivity index (χ4n) is 1.61. The monoisotopic (exact) mass is 227 g/mol. The Morgan fingerprint density at radius 2 is 1.94 bits per heavy atom. The molecule has 2 aromatic rings. The van der Waals surface area contributed by atoms with E-state index in [9.17, 15) is 4.79 Å². The van der Waals surface area contributed by atoms with Crippen LogP contribution in [0.2, 0.25) is 0 Å². The average molecular weight is 227 g/mol. The Balaban J connectivity index is 2.52. The molecule has 0 amide bonds. The molecule has 0 unspecified atom stereocenters. The predicted molar refractivity (Wildman–Crippen MR) is 66.2 cm³/mol. The van der Waals surface area contributed by atoms with Crippen molar-refractivity contribution in [3.8, 4) is 17.0 Å². The molecule has 0 atom stereocenters. The third-order valence-electron chi connectivity index (χ3n) is 2.53. The van der Waals surface area contributed by atoms with Crippen LogP contribution in [0.5, 0.6) is 5.75 Å². The topological polar surface area (TPSA) is 39.2 Å². The maximum absolute atomic E-state index is 11.3. The summed E-state index contributed by atoms with van der Waals surface area (Å²) in [7, 11) is 1.58. The second-order valence-corrected chi connectivity index (χ2v) is 3.70. The molecule has 3 nitrogen and oxygen atoms in total. The van der Waals surface area contributed by atoms with Crippen LogP contribution in [0.25, 0.3) is 11.3 Å². The molecule has 0 N–H and O–H groups in total. The Bertz CT molecular complexity index is 535. The molecule has 0 saturated heterocycles. The van der Waals surface area contributed by atoms with Crippen LogP contribution in [0.3, 0.4) is 0 Å². The minimum absolute atomic E-state index is 0.0181. The molecule has 1 aromatic heterocycles. The van der Waals surface area contributed by atoms with Crippen molar-refractivity contribution >= 4 is 5.78 Å². The number of benzene rings is 1. The van der Waals surface area contributed by atoms with Gasteiger partial charge in [-0.25, -0.2) is 0 Å². The van der Waals surface area contributed by atoms with Crippen molar-refractivity contribution in [1.82, 2.24) is 4.98 Å². The number of pyridine rings is 1. The van der Waals surface area contributed by atoms with E-state index in [1.807, 2.05) is 30.3 Å². The van der Waals surface area contributed by atoms with E-state index in [0.717, 1.165) is 11.3 Å². The first-order valence-electron chi connectivity index (χ1n) is 5.33. The maximum Gasteiger partial charge on any atom is 0.161 e. The molecule has 0 spiro atoms. The smallest absolute Gasteiger partial charge is 0.161 e. The molecule has 0 saturated carbocycles. The Kier molecular flexibility index (Phi) is 3.19. The summed E-state index contributed by atoms with van der Waals surface area (Å²) in [5.74, 6) is 0.597. The van der Waals surface area contributed by atoms with Crippen LogP contribution in [0, 0.1) is 0 Å². The van der Waals surface area contributed by atoms with Gasteiger partial charge in [-0.3, -0.25) is 9.78 Å². The number of hydrogen-bond donors (Lipinski definition) is 0. The lowest BCUT2D eigenvalue weighted by Crippen LogP contribution is -1.97. The van der Waals surface area contributed by atoms with E-state index in [0.29, 0.717) is 11.3 Å². The van der Waals surface area contributed by atoms with Crippen LogP contribution in [0.4, 0.5) is 0 Å². The molecule has 2 rings (SSSR count). The van der Waals surface area contributed by atoms with E-state index < -0.39 is 0 Å². The number of methoxy groups -OCH3 is 1. The number of ether oxygens (including phenoxy) is 1. The van der Waals surface area contributed by atoms with Crippen molar-refractivity contribution in [2.24, 2.45) is 0 Å². The average Bonchev–Trinajstić information content (AvgIpc) is 2.39. The molecule has 17 heavy (non-hydrogen) atoms. The molecule has 86 valence electrons. The third kappa shape index (κ3) is 2.33. The van der Waals surface area contributed by atoms with E-state index in [4.69, 9.17) is 4.74 Å². The number of hydrogen-bond acceptors (Lipinski definition) is 3. The zero-order valence-corrected chi connectivity index (χ0v) is 9.81. The zero-order valence-electron chi connectivity index (χ0n) is 9.81. The van der Waals surface area contributed by atoms with E-state index in [2.05, 4.69) is 4.98 Å². The van der Waals surface area contributed by atoms with Crippen molar-refractivity contribution in [3.05, 3.63) is 48.2 Å². The molecule has 0 fully saturated rings. The first-order chi connectivity index (χ1) is 8.22. The van der Waals surface area contributed by atoms with Crippen LogP contribution < -0.4 is 4.74 Å². The number of rotatable bonds is 3. The molecular weight excluding hydrogens is 214 g/mol. The van der Waals surface area contributed by atoms with Gasteiger partial charge in [0.2, 0.25) is 0 Å². The van der Waals surface area contributed by atoms with E-state index in [-0.39, 0.29) is 5.78 Å². The highest BCUT2D eigenvalue weighted by Gasteiger charge is 2.10. The van der Waals surface area contributed by atoms with Gasteiger partial charge in [-0.15, -0.1) is 0 Å². The zero-order chi connectivity index (χ0) is 12.3. The van der Waals surface area contributed by atoms with Gasteiger partial charge in [0.05, 0.1) is 7.11 Å². The molecule has 0 aliphatic heterocycles. The van der Waals surface area contributed by atoms with Gasteiger partial charge in [-0.05, 0) is 13.0 Å². The van der Waals surface area contributed by atoms with Gasteiger partial charge in [0, 0.05) is 17.3 Å². The third-order valence-corrected chi connectivity index (χ3v) is 2.53. The molecule has 1 heterocycles. The molecule has 0 bridgehead atoms. The minimum Gasteiger partial charge on any atom is -0.494 e. The summed E-state index contributed by atoms with van der Waals surface area (Å²) in [4.78, 5) is 15.6. The second kappa shape index (κ2) is 4.78. The Labute approximate surface area is 100 Å². The fraction of sp³-hybridized carbons (Fsp3) is 0.143. The molecule has 0 aliphatic rings. The van der Waals surface area contributed by atoms with Crippen LogP contribution in [0.1, 0.15) is 17.3 Å². The highest BCUT2D eigenvalue weighted by molar-refractivity contribution is 5.94. The SMILES string of the molecule is COc1cc(C(C)=O)cnc1-c1ccccc1. The van der Waals surface area contributed by atoms with E-state index in [1.54, 1.807) is 19.4 Å². The van der Waals surface area contributed by atoms with Crippen molar-refractivity contribution < 1.29 is 9.53 Å². The summed E-state index contributed by atoms with van der Waals surface area (Å²) in [5.41, 5.74) is 2.28. The van der Waals surface area contributed by atoms with Gasteiger partial charge in [0.1, 0.15) is 11.4 Å². The number of ketones is 1. The van der Waals surface area contributed by atoms with Crippen LogP contribution in [-0.4, -0.2) is 17.9 Å². The standard InChI is InChI=1S/C14H13NO2/c1-10(16)12-8-13(17-2)14(15-9-12)11-6-4-3-5-7-11/h3-9H,1-2H3. The molecule has 0 aliphatic carbocycles. The Hall–Kier alpha value is -2.16. The normalized spacial score (nSPS) is 10.0. The largest absolute Gasteiger partial charge is 0.494 e.